The first-order valence-corrected chi connectivity index (χ1v) is 8.73. The van der Waals surface area contributed by atoms with Crippen molar-refractivity contribution in [2.45, 2.75) is 30.6 Å². The van der Waals surface area contributed by atoms with Crippen molar-refractivity contribution in [3.8, 4) is 0 Å². The molecule has 0 spiro atoms. The summed E-state index contributed by atoms with van der Waals surface area (Å²) in [6.07, 6.45) is 2.35. The molecule has 5 nitrogen and oxygen atoms in total. The number of nitrogens with one attached hydrogen (secondary N) is 1. The van der Waals surface area contributed by atoms with Gasteiger partial charge in [0.1, 0.15) is 10.7 Å². The molecule has 0 bridgehead atoms. The molecule has 1 aromatic carbocycles. The van der Waals surface area contributed by atoms with E-state index >= 15 is 0 Å². The Kier molecular flexibility index (Phi) is 4.69. The Morgan fingerprint density at radius 3 is 2.52 bits per heavy atom. The fourth-order valence-electron chi connectivity index (χ4n) is 2.52. The van der Waals surface area contributed by atoms with Crippen molar-refractivity contribution in [2.75, 3.05) is 6.54 Å². The summed E-state index contributed by atoms with van der Waals surface area (Å²) in [6.45, 7) is -0.222. The zero-order valence-corrected chi connectivity index (χ0v) is 13.5. The lowest BCUT2D eigenvalue weighted by molar-refractivity contribution is -0.148. The largest absolute Gasteiger partial charge is 0.481 e. The lowest BCUT2D eigenvalue weighted by atomic mass is 9.87. The highest BCUT2D eigenvalue weighted by molar-refractivity contribution is 9.10. The van der Waals surface area contributed by atoms with Crippen molar-refractivity contribution in [1.29, 1.82) is 0 Å². The average molecular weight is 380 g/mol. The average Bonchev–Trinajstić information content (AvgIpc) is 2.86. The van der Waals surface area contributed by atoms with E-state index in [-0.39, 0.29) is 6.54 Å². The second-order valence-electron chi connectivity index (χ2n) is 5.19. The maximum atomic E-state index is 13.7. The first-order chi connectivity index (χ1) is 9.77. The monoisotopic (exact) mass is 379 g/mol. The normalized spacial score (nSPS) is 17.8. The van der Waals surface area contributed by atoms with Crippen molar-refractivity contribution in [3.05, 3.63) is 28.5 Å². The summed E-state index contributed by atoms with van der Waals surface area (Å²) in [6, 6.07) is 3.61. The summed E-state index contributed by atoms with van der Waals surface area (Å²) in [7, 11) is -4.08. The first-order valence-electron chi connectivity index (χ1n) is 6.45. The third-order valence-electron chi connectivity index (χ3n) is 3.80. The van der Waals surface area contributed by atoms with Crippen LogP contribution in [0.3, 0.4) is 0 Å². The van der Waals surface area contributed by atoms with Crippen LogP contribution in [0, 0.1) is 11.2 Å². The Balaban J connectivity index is 2.20. The standard InChI is InChI=1S/C13H15BrFNO4S/c14-9-3-4-11(10(15)7-9)21(19,20)16-8-13(12(17)18)5-1-2-6-13/h3-4,7,16H,1-2,5-6,8H2,(H,17,18). The number of carbonyl (C=O) groups is 1. The number of hydrogen-bond donors (Lipinski definition) is 2. The molecule has 0 saturated heterocycles. The van der Waals surface area contributed by atoms with Crippen LogP contribution in [0.15, 0.2) is 27.6 Å². The van der Waals surface area contributed by atoms with Gasteiger partial charge in [0, 0.05) is 11.0 Å². The van der Waals surface area contributed by atoms with Gasteiger partial charge >= 0.3 is 5.97 Å². The van der Waals surface area contributed by atoms with E-state index < -0.39 is 32.1 Å². The van der Waals surface area contributed by atoms with Gasteiger partial charge in [-0.15, -0.1) is 0 Å². The molecule has 1 aromatic rings. The van der Waals surface area contributed by atoms with Crippen LogP contribution in [0.5, 0.6) is 0 Å². The van der Waals surface area contributed by atoms with E-state index in [4.69, 9.17) is 0 Å². The zero-order chi connectivity index (χ0) is 15.7. The van der Waals surface area contributed by atoms with Crippen LogP contribution in [0.25, 0.3) is 0 Å². The summed E-state index contributed by atoms with van der Waals surface area (Å²) >= 11 is 3.05. The van der Waals surface area contributed by atoms with E-state index in [1.165, 1.54) is 6.07 Å². The Morgan fingerprint density at radius 1 is 1.38 bits per heavy atom. The molecule has 116 valence electrons. The van der Waals surface area contributed by atoms with Gasteiger partial charge in [0.2, 0.25) is 10.0 Å². The van der Waals surface area contributed by atoms with Crippen LogP contribution < -0.4 is 4.72 Å². The molecule has 21 heavy (non-hydrogen) atoms. The van der Waals surface area contributed by atoms with Crippen LogP contribution >= 0.6 is 15.9 Å². The molecule has 1 fully saturated rings. The molecular formula is C13H15BrFNO4S. The van der Waals surface area contributed by atoms with Gasteiger partial charge in [-0.3, -0.25) is 4.79 Å². The highest BCUT2D eigenvalue weighted by Gasteiger charge is 2.42. The SMILES string of the molecule is O=C(O)C1(CNS(=O)(=O)c2ccc(Br)cc2F)CCCC1. The molecule has 8 heteroatoms. The number of carboxylic acids is 1. The van der Waals surface area contributed by atoms with Crippen LogP contribution in [-0.2, 0) is 14.8 Å². The molecule has 1 aliphatic rings. The van der Waals surface area contributed by atoms with E-state index in [2.05, 4.69) is 20.7 Å². The Morgan fingerprint density at radius 2 is 2.00 bits per heavy atom. The van der Waals surface area contributed by atoms with Gasteiger partial charge in [-0.05, 0) is 31.0 Å². The quantitative estimate of drug-likeness (QED) is 0.822. The number of aliphatic carboxylic acids is 1. The summed E-state index contributed by atoms with van der Waals surface area (Å²) in [4.78, 5) is 10.9. The molecule has 1 saturated carbocycles. The minimum Gasteiger partial charge on any atom is -0.481 e. The Hall–Kier alpha value is -0.990. The number of sulfonamides is 1. The summed E-state index contributed by atoms with van der Waals surface area (Å²) < 4.78 is 40.7. The van der Waals surface area contributed by atoms with Crippen molar-refractivity contribution in [2.24, 2.45) is 5.41 Å². The van der Waals surface area contributed by atoms with Crippen LogP contribution in [0.4, 0.5) is 4.39 Å². The minimum absolute atomic E-state index is 0.222. The molecular weight excluding hydrogens is 365 g/mol. The summed E-state index contributed by atoms with van der Waals surface area (Å²) in [5.74, 6) is -1.90. The molecule has 0 unspecified atom stereocenters. The number of benzene rings is 1. The van der Waals surface area contributed by atoms with Crippen molar-refractivity contribution < 1.29 is 22.7 Å². The molecule has 0 heterocycles. The molecule has 0 aliphatic heterocycles. The van der Waals surface area contributed by atoms with E-state index in [1.807, 2.05) is 0 Å². The fourth-order valence-corrected chi connectivity index (χ4v) is 4.04. The van der Waals surface area contributed by atoms with Crippen molar-refractivity contribution >= 4 is 31.9 Å². The summed E-state index contributed by atoms with van der Waals surface area (Å²) in [5.41, 5.74) is -1.08. The predicted molar refractivity (Wildman–Crippen MR) is 77.8 cm³/mol. The lowest BCUT2D eigenvalue weighted by Crippen LogP contribution is -2.41. The molecule has 0 atom stereocenters. The van der Waals surface area contributed by atoms with E-state index in [9.17, 15) is 22.7 Å². The highest BCUT2D eigenvalue weighted by Crippen LogP contribution is 2.38. The molecule has 2 rings (SSSR count). The van der Waals surface area contributed by atoms with Gasteiger partial charge in [-0.1, -0.05) is 28.8 Å². The molecule has 0 amide bonds. The number of halogens is 2. The van der Waals surface area contributed by atoms with Gasteiger partial charge < -0.3 is 5.11 Å². The topological polar surface area (TPSA) is 83.5 Å². The number of hydrogen-bond acceptors (Lipinski definition) is 3. The highest BCUT2D eigenvalue weighted by atomic mass is 79.9. The smallest absolute Gasteiger partial charge is 0.310 e. The van der Waals surface area contributed by atoms with Crippen LogP contribution in [0.1, 0.15) is 25.7 Å². The van der Waals surface area contributed by atoms with Gasteiger partial charge in [0.05, 0.1) is 5.41 Å². The number of carboxylic acid groups (broad SMARTS) is 1. The Bertz CT molecular complexity index is 656. The van der Waals surface area contributed by atoms with E-state index in [1.54, 1.807) is 0 Å². The minimum atomic E-state index is -4.08. The maximum Gasteiger partial charge on any atom is 0.310 e. The Labute approximate surface area is 130 Å². The first kappa shape index (κ1) is 16.4. The fraction of sp³-hybridized carbons (Fsp3) is 0.462. The number of rotatable bonds is 5. The van der Waals surface area contributed by atoms with E-state index in [0.717, 1.165) is 25.0 Å². The maximum absolute atomic E-state index is 13.7. The second kappa shape index (κ2) is 6.02. The van der Waals surface area contributed by atoms with E-state index in [0.29, 0.717) is 17.3 Å². The molecule has 0 aromatic heterocycles. The van der Waals surface area contributed by atoms with Gasteiger partial charge in [0.25, 0.3) is 0 Å². The predicted octanol–water partition coefficient (Wildman–Crippen LogP) is 2.51. The van der Waals surface area contributed by atoms with Gasteiger partial charge in [-0.2, -0.15) is 0 Å². The van der Waals surface area contributed by atoms with Crippen LogP contribution in [0.2, 0.25) is 0 Å². The third-order valence-corrected chi connectivity index (χ3v) is 5.73. The zero-order valence-electron chi connectivity index (χ0n) is 11.1. The molecule has 1 aliphatic carbocycles. The molecule has 2 N–H and O–H groups in total. The lowest BCUT2D eigenvalue weighted by Gasteiger charge is -2.23. The van der Waals surface area contributed by atoms with Crippen LogP contribution in [-0.4, -0.2) is 26.0 Å². The van der Waals surface area contributed by atoms with Gasteiger partial charge in [0.15, 0.2) is 0 Å². The third kappa shape index (κ3) is 3.44. The van der Waals surface area contributed by atoms with Crippen molar-refractivity contribution in [1.82, 2.24) is 4.72 Å². The second-order valence-corrected chi connectivity index (χ2v) is 7.84. The van der Waals surface area contributed by atoms with Gasteiger partial charge in [-0.25, -0.2) is 17.5 Å². The molecule has 0 radical (unpaired) electrons. The van der Waals surface area contributed by atoms with Crippen molar-refractivity contribution in [3.63, 3.8) is 0 Å². The summed E-state index contributed by atoms with van der Waals surface area (Å²) in [5, 5.41) is 9.31.